The lowest BCUT2D eigenvalue weighted by atomic mass is 10.1. The minimum absolute atomic E-state index is 0.0252. The Bertz CT molecular complexity index is 419. The molecule has 20 heavy (non-hydrogen) atoms. The zero-order valence-corrected chi connectivity index (χ0v) is 12.9. The Morgan fingerprint density at radius 1 is 1.25 bits per heavy atom. The van der Waals surface area contributed by atoms with Crippen LogP contribution >= 0.6 is 0 Å². The fraction of sp³-hybridized carbons (Fsp3) is 0.562. The molecular formula is C16H26N2O2. The van der Waals surface area contributed by atoms with Crippen LogP contribution in [0.3, 0.4) is 0 Å². The van der Waals surface area contributed by atoms with Crippen molar-refractivity contribution < 1.29 is 9.53 Å². The minimum Gasteiger partial charge on any atom is -0.493 e. The maximum Gasteiger partial charge on any atom is 0.223 e. The van der Waals surface area contributed by atoms with Gasteiger partial charge >= 0.3 is 0 Å². The summed E-state index contributed by atoms with van der Waals surface area (Å²) in [5.74, 6) is 0.871. The number of hydrogen-bond acceptors (Lipinski definition) is 3. The second-order valence-corrected chi connectivity index (χ2v) is 5.14. The molecule has 4 nitrogen and oxygen atoms in total. The first-order valence-electron chi connectivity index (χ1n) is 7.29. The molecule has 0 radical (unpaired) electrons. The minimum atomic E-state index is 0.0252. The lowest BCUT2D eigenvalue weighted by Gasteiger charge is -2.17. The van der Waals surface area contributed by atoms with E-state index in [0.29, 0.717) is 13.0 Å². The van der Waals surface area contributed by atoms with Gasteiger partial charge in [0.15, 0.2) is 0 Å². The summed E-state index contributed by atoms with van der Waals surface area (Å²) in [6.45, 7) is 9.40. The Hall–Kier alpha value is -1.55. The first-order chi connectivity index (χ1) is 9.54. The predicted octanol–water partition coefficient (Wildman–Crippen LogP) is 2.65. The third kappa shape index (κ3) is 5.61. The molecule has 0 heterocycles. The van der Waals surface area contributed by atoms with E-state index in [-0.39, 0.29) is 18.0 Å². The number of carbonyl (C=O) groups is 1. The van der Waals surface area contributed by atoms with Crippen molar-refractivity contribution in [3.8, 4) is 5.75 Å². The number of carbonyl (C=O) groups excluding carboxylic acids is 1. The van der Waals surface area contributed by atoms with Gasteiger partial charge in [-0.2, -0.15) is 0 Å². The maximum absolute atomic E-state index is 11.6. The highest BCUT2D eigenvalue weighted by atomic mass is 16.5. The smallest absolute Gasteiger partial charge is 0.223 e. The molecule has 1 atom stereocenters. The van der Waals surface area contributed by atoms with E-state index < -0.39 is 0 Å². The summed E-state index contributed by atoms with van der Waals surface area (Å²) < 4.78 is 5.76. The molecule has 2 N–H and O–H groups in total. The summed E-state index contributed by atoms with van der Waals surface area (Å²) >= 11 is 0. The number of hydrogen-bond donors (Lipinski definition) is 2. The topological polar surface area (TPSA) is 50.4 Å². The van der Waals surface area contributed by atoms with Crippen molar-refractivity contribution in [3.63, 3.8) is 0 Å². The summed E-state index contributed by atoms with van der Waals surface area (Å²) in [7, 11) is 0. The van der Waals surface area contributed by atoms with E-state index in [0.717, 1.165) is 17.9 Å². The Labute approximate surface area is 121 Å². The van der Waals surface area contributed by atoms with Crippen LogP contribution in [0.25, 0.3) is 0 Å². The molecular weight excluding hydrogens is 252 g/mol. The third-order valence-electron chi connectivity index (χ3n) is 2.93. The molecule has 112 valence electrons. The fourth-order valence-electron chi connectivity index (χ4n) is 2.03. The van der Waals surface area contributed by atoms with E-state index in [9.17, 15) is 4.79 Å². The van der Waals surface area contributed by atoms with Crippen LogP contribution in [0.5, 0.6) is 5.75 Å². The summed E-state index contributed by atoms with van der Waals surface area (Å²) in [6.07, 6.45) is 0.377. The van der Waals surface area contributed by atoms with Gasteiger partial charge in [-0.05, 0) is 33.4 Å². The molecule has 1 rings (SSSR count). The largest absolute Gasteiger partial charge is 0.493 e. The molecule has 0 saturated heterocycles. The van der Waals surface area contributed by atoms with Crippen LogP contribution in [0.2, 0.25) is 0 Å². The summed E-state index contributed by atoms with van der Waals surface area (Å²) in [5, 5.41) is 6.22. The van der Waals surface area contributed by atoms with Crippen LogP contribution in [-0.2, 0) is 4.79 Å². The van der Waals surface area contributed by atoms with Gasteiger partial charge in [0, 0.05) is 17.6 Å². The fourth-order valence-corrected chi connectivity index (χ4v) is 2.03. The van der Waals surface area contributed by atoms with Crippen molar-refractivity contribution in [1.82, 2.24) is 10.6 Å². The van der Waals surface area contributed by atoms with Crippen LogP contribution in [-0.4, -0.2) is 25.1 Å². The molecule has 1 unspecified atom stereocenters. The standard InChI is InChI=1S/C16H26N2O2/c1-5-17-13(4)14-8-6-7-9-15(14)20-11-10-16(19)18-12(2)3/h6-9,12-13,17H,5,10-11H2,1-4H3,(H,18,19). The van der Waals surface area contributed by atoms with Gasteiger partial charge in [0.1, 0.15) is 5.75 Å². The quantitative estimate of drug-likeness (QED) is 0.768. The SMILES string of the molecule is CCNC(C)c1ccccc1OCCC(=O)NC(C)C. The van der Waals surface area contributed by atoms with Gasteiger partial charge in [0.2, 0.25) is 5.91 Å². The molecule has 0 aliphatic carbocycles. The second kappa shape index (κ2) is 8.59. The van der Waals surface area contributed by atoms with E-state index in [1.54, 1.807) is 0 Å². The number of para-hydroxylation sites is 1. The lowest BCUT2D eigenvalue weighted by Crippen LogP contribution is -2.31. The van der Waals surface area contributed by atoms with E-state index in [1.165, 1.54) is 0 Å². The van der Waals surface area contributed by atoms with Crippen LogP contribution in [0.4, 0.5) is 0 Å². The first-order valence-corrected chi connectivity index (χ1v) is 7.29. The highest BCUT2D eigenvalue weighted by Gasteiger charge is 2.10. The van der Waals surface area contributed by atoms with Crippen molar-refractivity contribution in [3.05, 3.63) is 29.8 Å². The zero-order valence-electron chi connectivity index (χ0n) is 12.9. The third-order valence-corrected chi connectivity index (χ3v) is 2.93. The van der Waals surface area contributed by atoms with E-state index in [2.05, 4.69) is 30.5 Å². The molecule has 0 aliphatic rings. The molecule has 1 amide bonds. The summed E-state index contributed by atoms with van der Waals surface area (Å²) in [5.41, 5.74) is 1.12. The number of benzene rings is 1. The van der Waals surface area contributed by atoms with Crippen LogP contribution in [0.15, 0.2) is 24.3 Å². The van der Waals surface area contributed by atoms with E-state index in [4.69, 9.17) is 4.74 Å². The number of amides is 1. The van der Waals surface area contributed by atoms with E-state index in [1.807, 2.05) is 32.0 Å². The molecule has 0 fully saturated rings. The average molecular weight is 278 g/mol. The van der Waals surface area contributed by atoms with Crippen LogP contribution in [0, 0.1) is 0 Å². The predicted molar refractivity (Wildman–Crippen MR) is 81.9 cm³/mol. The highest BCUT2D eigenvalue weighted by molar-refractivity contribution is 5.76. The monoisotopic (exact) mass is 278 g/mol. The second-order valence-electron chi connectivity index (χ2n) is 5.14. The first kappa shape index (κ1) is 16.5. The molecule has 0 aromatic heterocycles. The maximum atomic E-state index is 11.6. The summed E-state index contributed by atoms with van der Waals surface area (Å²) in [6, 6.07) is 8.36. The Balaban J connectivity index is 2.53. The molecule has 1 aromatic carbocycles. The van der Waals surface area contributed by atoms with Crippen molar-refractivity contribution in [2.75, 3.05) is 13.2 Å². The normalized spacial score (nSPS) is 12.2. The molecule has 1 aromatic rings. The molecule has 0 aliphatic heterocycles. The number of rotatable bonds is 8. The van der Waals surface area contributed by atoms with E-state index >= 15 is 0 Å². The van der Waals surface area contributed by atoms with Gasteiger partial charge < -0.3 is 15.4 Å². The van der Waals surface area contributed by atoms with Crippen molar-refractivity contribution >= 4 is 5.91 Å². The molecule has 0 spiro atoms. The summed E-state index contributed by atoms with van der Waals surface area (Å²) in [4.78, 5) is 11.6. The highest BCUT2D eigenvalue weighted by Crippen LogP contribution is 2.24. The zero-order chi connectivity index (χ0) is 15.0. The van der Waals surface area contributed by atoms with Gasteiger partial charge in [-0.15, -0.1) is 0 Å². The average Bonchev–Trinajstić information content (AvgIpc) is 2.38. The van der Waals surface area contributed by atoms with Gasteiger partial charge in [-0.3, -0.25) is 4.79 Å². The Morgan fingerprint density at radius 3 is 2.60 bits per heavy atom. The van der Waals surface area contributed by atoms with Gasteiger partial charge in [-0.1, -0.05) is 25.1 Å². The van der Waals surface area contributed by atoms with Gasteiger partial charge in [0.25, 0.3) is 0 Å². The van der Waals surface area contributed by atoms with Gasteiger partial charge in [-0.25, -0.2) is 0 Å². The van der Waals surface area contributed by atoms with Crippen LogP contribution < -0.4 is 15.4 Å². The molecule has 4 heteroatoms. The number of ether oxygens (including phenoxy) is 1. The molecule has 0 bridgehead atoms. The van der Waals surface area contributed by atoms with Crippen molar-refractivity contribution in [2.24, 2.45) is 0 Å². The van der Waals surface area contributed by atoms with Crippen molar-refractivity contribution in [1.29, 1.82) is 0 Å². The van der Waals surface area contributed by atoms with Crippen LogP contribution in [0.1, 0.15) is 45.7 Å². The van der Waals surface area contributed by atoms with Gasteiger partial charge in [0.05, 0.1) is 13.0 Å². The molecule has 0 saturated carbocycles. The number of nitrogens with one attached hydrogen (secondary N) is 2. The lowest BCUT2D eigenvalue weighted by molar-refractivity contribution is -0.122. The Morgan fingerprint density at radius 2 is 1.95 bits per heavy atom. The Kier molecular flexibility index (Phi) is 7.09. The van der Waals surface area contributed by atoms with Crippen molar-refractivity contribution in [2.45, 2.75) is 46.2 Å².